The lowest BCUT2D eigenvalue weighted by atomic mass is 10.2. The Morgan fingerprint density at radius 3 is 3.10 bits per heavy atom. The van der Waals surface area contributed by atoms with Crippen LogP contribution >= 0.6 is 11.6 Å². The van der Waals surface area contributed by atoms with Gasteiger partial charge in [-0.25, -0.2) is 9.97 Å². The van der Waals surface area contributed by atoms with Gasteiger partial charge in [0.15, 0.2) is 5.65 Å². The zero-order valence-corrected chi connectivity index (χ0v) is 12.5. The van der Waals surface area contributed by atoms with Gasteiger partial charge in [0.05, 0.1) is 30.8 Å². The fourth-order valence-electron chi connectivity index (χ4n) is 2.47. The van der Waals surface area contributed by atoms with Crippen molar-refractivity contribution in [3.8, 4) is 0 Å². The lowest BCUT2D eigenvalue weighted by molar-refractivity contribution is -0.0331. The normalized spacial score (nSPS) is 20.6. The van der Waals surface area contributed by atoms with E-state index in [2.05, 4.69) is 26.9 Å². The second-order valence-electron chi connectivity index (χ2n) is 5.07. The van der Waals surface area contributed by atoms with Gasteiger partial charge in [-0.2, -0.15) is 5.10 Å². The van der Waals surface area contributed by atoms with Crippen LogP contribution in [0.1, 0.15) is 19.2 Å². The second-order valence-corrected chi connectivity index (χ2v) is 5.43. The summed E-state index contributed by atoms with van der Waals surface area (Å²) >= 11 is 6.20. The molecule has 1 atom stereocenters. The summed E-state index contributed by atoms with van der Waals surface area (Å²) in [7, 11) is 1.86. The first-order valence-corrected chi connectivity index (χ1v) is 7.23. The van der Waals surface area contributed by atoms with Crippen LogP contribution in [0.25, 0.3) is 11.0 Å². The van der Waals surface area contributed by atoms with Crippen molar-refractivity contribution in [1.29, 1.82) is 0 Å². The van der Waals surface area contributed by atoms with Gasteiger partial charge in [0, 0.05) is 20.1 Å². The smallest absolute Gasteiger partial charge is 0.162 e. The Morgan fingerprint density at radius 1 is 1.45 bits per heavy atom. The molecule has 0 saturated carbocycles. The van der Waals surface area contributed by atoms with Gasteiger partial charge in [0.2, 0.25) is 0 Å². The van der Waals surface area contributed by atoms with Gasteiger partial charge in [-0.05, 0) is 6.42 Å². The van der Waals surface area contributed by atoms with Crippen molar-refractivity contribution < 1.29 is 4.74 Å². The Bertz CT molecular complexity index is 614. The van der Waals surface area contributed by atoms with E-state index in [1.807, 2.05) is 7.05 Å². The van der Waals surface area contributed by atoms with Crippen molar-refractivity contribution in [3.05, 3.63) is 17.2 Å². The third-order valence-electron chi connectivity index (χ3n) is 3.64. The van der Waals surface area contributed by atoms with Gasteiger partial charge in [-0.3, -0.25) is 9.58 Å². The van der Waals surface area contributed by atoms with E-state index in [0.717, 1.165) is 43.0 Å². The molecule has 108 valence electrons. The Morgan fingerprint density at radius 2 is 2.30 bits per heavy atom. The molecule has 3 heterocycles. The number of ether oxygens (including phenoxy) is 1. The van der Waals surface area contributed by atoms with E-state index in [4.69, 9.17) is 16.3 Å². The van der Waals surface area contributed by atoms with Crippen LogP contribution < -0.4 is 0 Å². The molecule has 1 saturated heterocycles. The number of rotatable bonds is 3. The van der Waals surface area contributed by atoms with Crippen molar-refractivity contribution in [2.45, 2.75) is 26.0 Å². The molecule has 0 aromatic carbocycles. The lowest BCUT2D eigenvalue weighted by Crippen LogP contribution is -2.41. The van der Waals surface area contributed by atoms with E-state index in [9.17, 15) is 0 Å². The molecule has 0 bridgehead atoms. The highest BCUT2D eigenvalue weighted by Crippen LogP contribution is 2.20. The topological polar surface area (TPSA) is 56.1 Å². The van der Waals surface area contributed by atoms with E-state index >= 15 is 0 Å². The molecule has 3 rings (SSSR count). The van der Waals surface area contributed by atoms with E-state index in [1.54, 1.807) is 10.9 Å². The molecule has 0 spiro atoms. The maximum atomic E-state index is 6.20. The third-order valence-corrected chi connectivity index (χ3v) is 3.92. The van der Waals surface area contributed by atoms with Gasteiger partial charge in [0.25, 0.3) is 0 Å². The van der Waals surface area contributed by atoms with Crippen molar-refractivity contribution in [2.75, 3.05) is 19.7 Å². The van der Waals surface area contributed by atoms with E-state index in [1.165, 1.54) is 0 Å². The maximum Gasteiger partial charge on any atom is 0.162 e. The molecule has 7 heteroatoms. The Hall–Kier alpha value is -1.24. The summed E-state index contributed by atoms with van der Waals surface area (Å²) in [5, 5.41) is 5.43. The summed E-state index contributed by atoms with van der Waals surface area (Å²) in [5.74, 6) is 0.739. The Labute approximate surface area is 122 Å². The van der Waals surface area contributed by atoms with Crippen LogP contribution in [0.3, 0.4) is 0 Å². The molecular weight excluding hydrogens is 278 g/mol. The van der Waals surface area contributed by atoms with Crippen molar-refractivity contribution in [3.63, 3.8) is 0 Å². The largest absolute Gasteiger partial charge is 0.376 e. The van der Waals surface area contributed by atoms with Crippen LogP contribution in [0.5, 0.6) is 0 Å². The number of halogens is 1. The Kier molecular flexibility index (Phi) is 3.87. The highest BCUT2D eigenvalue weighted by Gasteiger charge is 2.20. The summed E-state index contributed by atoms with van der Waals surface area (Å²) in [4.78, 5) is 11.3. The number of hydrogen-bond acceptors (Lipinski definition) is 5. The van der Waals surface area contributed by atoms with Crippen molar-refractivity contribution >= 4 is 22.6 Å². The zero-order valence-electron chi connectivity index (χ0n) is 11.7. The number of aryl methyl sites for hydroxylation is 1. The third kappa shape index (κ3) is 2.63. The first-order chi connectivity index (χ1) is 9.67. The summed E-state index contributed by atoms with van der Waals surface area (Å²) in [5.41, 5.74) is 0.778. The van der Waals surface area contributed by atoms with E-state index in [-0.39, 0.29) is 0 Å². The van der Waals surface area contributed by atoms with Gasteiger partial charge in [0.1, 0.15) is 11.0 Å². The fraction of sp³-hybridized carbons (Fsp3) is 0.615. The standard InChI is InChI=1S/C13H18ClN5O/c1-3-9-7-19(4-5-20-9)8-11-16-12(14)10-6-15-18(2)13(10)17-11/h6,9H,3-5,7-8H2,1-2H3. The minimum Gasteiger partial charge on any atom is -0.376 e. The number of hydrogen-bond donors (Lipinski definition) is 0. The number of aromatic nitrogens is 4. The summed E-state index contributed by atoms with van der Waals surface area (Å²) < 4.78 is 7.40. The number of fused-ring (bicyclic) bond motifs is 1. The monoisotopic (exact) mass is 295 g/mol. The summed E-state index contributed by atoms with van der Waals surface area (Å²) in [6, 6.07) is 0. The minimum atomic E-state index is 0.305. The lowest BCUT2D eigenvalue weighted by Gasteiger charge is -2.31. The second kappa shape index (κ2) is 5.63. The van der Waals surface area contributed by atoms with E-state index in [0.29, 0.717) is 17.8 Å². The summed E-state index contributed by atoms with van der Waals surface area (Å²) in [6.07, 6.45) is 3.03. The number of morpholine rings is 1. The first-order valence-electron chi connectivity index (χ1n) is 6.85. The average molecular weight is 296 g/mol. The minimum absolute atomic E-state index is 0.305. The molecule has 2 aromatic heterocycles. The predicted octanol–water partition coefficient (Wildman–Crippen LogP) is 1.63. The van der Waals surface area contributed by atoms with Crippen LogP contribution in [-0.4, -0.2) is 50.4 Å². The predicted molar refractivity (Wildman–Crippen MR) is 76.6 cm³/mol. The molecule has 1 fully saturated rings. The quantitative estimate of drug-likeness (QED) is 0.806. The van der Waals surface area contributed by atoms with Crippen LogP contribution in [0.2, 0.25) is 5.15 Å². The molecule has 2 aromatic rings. The number of nitrogens with zero attached hydrogens (tertiary/aromatic N) is 5. The summed E-state index contributed by atoms with van der Waals surface area (Å²) in [6.45, 7) is 5.42. The molecule has 6 nitrogen and oxygen atoms in total. The van der Waals surface area contributed by atoms with E-state index < -0.39 is 0 Å². The highest BCUT2D eigenvalue weighted by molar-refractivity contribution is 6.33. The van der Waals surface area contributed by atoms with Gasteiger partial charge in [-0.1, -0.05) is 18.5 Å². The van der Waals surface area contributed by atoms with Crippen LogP contribution in [0, 0.1) is 0 Å². The van der Waals surface area contributed by atoms with Crippen molar-refractivity contribution in [1.82, 2.24) is 24.6 Å². The molecular formula is C13H18ClN5O. The van der Waals surface area contributed by atoms with Gasteiger partial charge in [-0.15, -0.1) is 0 Å². The Balaban J connectivity index is 1.82. The maximum absolute atomic E-state index is 6.20. The molecule has 0 amide bonds. The highest BCUT2D eigenvalue weighted by atomic mass is 35.5. The molecule has 20 heavy (non-hydrogen) atoms. The SMILES string of the molecule is CCC1CN(Cc2nc(Cl)c3cnn(C)c3n2)CCO1. The van der Waals surface area contributed by atoms with Crippen LogP contribution in [-0.2, 0) is 18.3 Å². The first kappa shape index (κ1) is 13.7. The van der Waals surface area contributed by atoms with Gasteiger partial charge < -0.3 is 4.74 Å². The van der Waals surface area contributed by atoms with Crippen molar-refractivity contribution in [2.24, 2.45) is 7.05 Å². The van der Waals surface area contributed by atoms with Crippen LogP contribution in [0.15, 0.2) is 6.20 Å². The molecule has 0 radical (unpaired) electrons. The molecule has 0 aliphatic carbocycles. The van der Waals surface area contributed by atoms with Gasteiger partial charge >= 0.3 is 0 Å². The average Bonchev–Trinajstić information content (AvgIpc) is 2.81. The molecule has 1 aliphatic heterocycles. The molecule has 1 unspecified atom stereocenters. The zero-order chi connectivity index (χ0) is 14.1. The van der Waals surface area contributed by atoms with Crippen LogP contribution in [0.4, 0.5) is 0 Å². The molecule has 0 N–H and O–H groups in total. The molecule has 1 aliphatic rings. The fourth-order valence-corrected chi connectivity index (χ4v) is 2.70.